The highest BCUT2D eigenvalue weighted by molar-refractivity contribution is 5.92. The molecule has 0 aromatic heterocycles. The Labute approximate surface area is 252 Å². The zero-order chi connectivity index (χ0) is 31.0. The van der Waals surface area contributed by atoms with Gasteiger partial charge in [0.2, 0.25) is 11.7 Å². The molecule has 0 heterocycles. The summed E-state index contributed by atoms with van der Waals surface area (Å²) in [6, 6.07) is 7.78. The van der Waals surface area contributed by atoms with Crippen LogP contribution in [-0.4, -0.2) is 57.9 Å². The molecule has 3 fully saturated rings. The maximum atomic E-state index is 13.4. The highest BCUT2D eigenvalue weighted by Crippen LogP contribution is 2.67. The average molecular weight is 594 g/mol. The second-order valence-electron chi connectivity index (χ2n) is 13.6. The van der Waals surface area contributed by atoms with Crippen molar-refractivity contribution in [3.63, 3.8) is 0 Å². The van der Waals surface area contributed by atoms with Crippen molar-refractivity contribution >= 4 is 29.4 Å². The quantitative estimate of drug-likeness (QED) is 0.346. The molecular formula is C34H43NO8. The highest BCUT2D eigenvalue weighted by Gasteiger charge is 2.66. The molecule has 3 saturated carbocycles. The number of ether oxygens (including phenoxy) is 1. The number of carbonyl (C=O) groups is 5. The lowest BCUT2D eigenvalue weighted by molar-refractivity contribution is -0.170. The molecule has 9 nitrogen and oxygen atoms in total. The maximum Gasteiger partial charge on any atom is 0.326 e. The van der Waals surface area contributed by atoms with Gasteiger partial charge in [0.05, 0.1) is 6.42 Å². The van der Waals surface area contributed by atoms with Crippen LogP contribution in [-0.2, 0) is 35.1 Å². The molecule has 0 spiro atoms. The van der Waals surface area contributed by atoms with E-state index < -0.39 is 47.3 Å². The number of hydrogen-bond donors (Lipinski definition) is 3. The number of amides is 1. The first-order valence-corrected chi connectivity index (χ1v) is 15.6. The Morgan fingerprint density at radius 3 is 2.42 bits per heavy atom. The van der Waals surface area contributed by atoms with Gasteiger partial charge in [0.1, 0.15) is 11.6 Å². The van der Waals surface area contributed by atoms with Gasteiger partial charge in [0.25, 0.3) is 0 Å². The number of carboxylic acids is 1. The molecule has 0 aliphatic heterocycles. The highest BCUT2D eigenvalue weighted by atomic mass is 16.5. The Bertz CT molecular complexity index is 1320. The SMILES string of the molecule is C[C@]12CCC(=O)C=C1CCC1C2CC[C@@]2(C)C1CC[C@]2(O)C(=O)COC(=O)CCC(=O)NC(Cc1ccccc1)C(=O)O. The van der Waals surface area contributed by atoms with Gasteiger partial charge in [-0.2, -0.15) is 0 Å². The average Bonchev–Trinajstić information content (AvgIpc) is 3.26. The van der Waals surface area contributed by atoms with Crippen molar-refractivity contribution in [1.82, 2.24) is 5.32 Å². The summed E-state index contributed by atoms with van der Waals surface area (Å²) in [5.74, 6) is -1.85. The molecule has 5 rings (SSSR count). The minimum Gasteiger partial charge on any atom is -0.480 e. The summed E-state index contributed by atoms with van der Waals surface area (Å²) < 4.78 is 5.22. The first kappa shape index (κ1) is 31.1. The van der Waals surface area contributed by atoms with Crippen molar-refractivity contribution in [2.75, 3.05) is 6.61 Å². The second-order valence-corrected chi connectivity index (χ2v) is 13.6. The van der Waals surface area contributed by atoms with Crippen LogP contribution in [0.25, 0.3) is 0 Å². The summed E-state index contributed by atoms with van der Waals surface area (Å²) in [4.78, 5) is 62.0. The third-order valence-corrected chi connectivity index (χ3v) is 11.4. The molecule has 232 valence electrons. The predicted octanol–water partition coefficient (Wildman–Crippen LogP) is 3.95. The van der Waals surface area contributed by atoms with E-state index in [1.54, 1.807) is 24.3 Å². The fourth-order valence-corrected chi connectivity index (χ4v) is 8.90. The van der Waals surface area contributed by atoms with Gasteiger partial charge in [0, 0.05) is 24.7 Å². The van der Waals surface area contributed by atoms with E-state index >= 15 is 0 Å². The third kappa shape index (κ3) is 5.80. The van der Waals surface area contributed by atoms with Crippen LogP contribution < -0.4 is 5.32 Å². The number of ketones is 2. The second kappa shape index (κ2) is 12.0. The van der Waals surface area contributed by atoms with Crippen molar-refractivity contribution < 1.29 is 38.9 Å². The molecule has 43 heavy (non-hydrogen) atoms. The topological polar surface area (TPSA) is 147 Å². The van der Waals surface area contributed by atoms with Crippen molar-refractivity contribution in [3.05, 3.63) is 47.5 Å². The van der Waals surface area contributed by atoms with Gasteiger partial charge in [-0.05, 0) is 79.8 Å². The molecule has 3 N–H and O–H groups in total. The number of fused-ring (bicyclic) bond motifs is 5. The molecule has 9 heteroatoms. The van der Waals surface area contributed by atoms with E-state index in [-0.39, 0.29) is 36.4 Å². The molecule has 4 aliphatic rings. The first-order valence-electron chi connectivity index (χ1n) is 15.6. The van der Waals surface area contributed by atoms with Gasteiger partial charge in [-0.15, -0.1) is 0 Å². The third-order valence-electron chi connectivity index (χ3n) is 11.4. The molecule has 1 aromatic carbocycles. The summed E-state index contributed by atoms with van der Waals surface area (Å²) in [6.07, 6.45) is 7.30. The molecule has 4 unspecified atom stereocenters. The molecule has 7 atom stereocenters. The summed E-state index contributed by atoms with van der Waals surface area (Å²) >= 11 is 0. The van der Waals surface area contributed by atoms with Crippen LogP contribution in [0, 0.1) is 28.6 Å². The largest absolute Gasteiger partial charge is 0.480 e. The van der Waals surface area contributed by atoms with E-state index in [0.717, 1.165) is 37.7 Å². The van der Waals surface area contributed by atoms with Crippen LogP contribution in [0.15, 0.2) is 42.0 Å². The standard InChI is InChI=1S/C34H43NO8/c1-32-15-12-23(36)19-22(32)8-9-24-25(32)13-16-33(2)26(24)14-17-34(33,42)28(37)20-43-30(39)11-10-29(38)35-27(31(40)41)18-21-6-4-3-5-7-21/h3-7,19,24-27,42H,8-18,20H2,1-2H3,(H,35,38)(H,40,41)/t24?,25?,26?,27?,32-,33-,34-/m0/s1. The molecule has 4 aliphatic carbocycles. The number of benzene rings is 1. The fraction of sp³-hybridized carbons (Fsp3) is 0.618. The Hall–Kier alpha value is -3.33. The Kier molecular flexibility index (Phi) is 8.67. The molecule has 0 radical (unpaired) electrons. The molecule has 1 aromatic rings. The normalized spacial score (nSPS) is 33.7. The lowest BCUT2D eigenvalue weighted by atomic mass is 9.46. The van der Waals surface area contributed by atoms with E-state index in [2.05, 4.69) is 12.2 Å². The van der Waals surface area contributed by atoms with Gasteiger partial charge >= 0.3 is 11.9 Å². The van der Waals surface area contributed by atoms with Gasteiger partial charge < -0.3 is 20.3 Å². The minimum atomic E-state index is -1.59. The Morgan fingerprint density at radius 1 is 0.977 bits per heavy atom. The number of nitrogens with one attached hydrogen (secondary N) is 1. The maximum absolute atomic E-state index is 13.4. The van der Waals surface area contributed by atoms with Gasteiger partial charge in [0.15, 0.2) is 12.4 Å². The predicted molar refractivity (Wildman–Crippen MR) is 157 cm³/mol. The zero-order valence-corrected chi connectivity index (χ0v) is 25.1. The van der Waals surface area contributed by atoms with E-state index in [1.165, 1.54) is 5.57 Å². The summed E-state index contributed by atoms with van der Waals surface area (Å²) in [5.41, 5.74) is -0.187. The van der Waals surface area contributed by atoms with Crippen molar-refractivity contribution in [1.29, 1.82) is 0 Å². The number of allylic oxidation sites excluding steroid dienone is 1. The number of esters is 1. The molecule has 0 bridgehead atoms. The fourth-order valence-electron chi connectivity index (χ4n) is 8.90. The Balaban J connectivity index is 1.14. The zero-order valence-electron chi connectivity index (χ0n) is 25.1. The summed E-state index contributed by atoms with van der Waals surface area (Å²) in [6.45, 7) is 3.74. The Morgan fingerprint density at radius 2 is 1.70 bits per heavy atom. The van der Waals surface area contributed by atoms with Crippen LogP contribution in [0.3, 0.4) is 0 Å². The van der Waals surface area contributed by atoms with E-state index in [9.17, 15) is 34.2 Å². The van der Waals surface area contributed by atoms with Crippen molar-refractivity contribution in [3.8, 4) is 0 Å². The number of Topliss-reactive ketones (excluding diaryl/α,β-unsaturated/α-hetero) is 1. The number of carboxylic acid groups (broad SMARTS) is 1. The number of hydrogen-bond acceptors (Lipinski definition) is 7. The van der Waals surface area contributed by atoms with Gasteiger partial charge in [-0.1, -0.05) is 49.8 Å². The van der Waals surface area contributed by atoms with Crippen molar-refractivity contribution in [2.45, 2.75) is 96.1 Å². The van der Waals surface area contributed by atoms with Gasteiger partial charge in [-0.25, -0.2) is 4.79 Å². The van der Waals surface area contributed by atoms with E-state index in [0.29, 0.717) is 31.1 Å². The van der Waals surface area contributed by atoms with Crippen molar-refractivity contribution in [2.24, 2.45) is 28.6 Å². The lowest BCUT2D eigenvalue weighted by Gasteiger charge is -2.58. The lowest BCUT2D eigenvalue weighted by Crippen LogP contribution is -2.58. The summed E-state index contributed by atoms with van der Waals surface area (Å²) in [5, 5.41) is 23.8. The number of aliphatic carboxylic acids is 1. The van der Waals surface area contributed by atoms with E-state index in [1.807, 2.05) is 19.1 Å². The number of rotatable bonds is 10. The number of carbonyl (C=O) groups excluding carboxylic acids is 4. The van der Waals surface area contributed by atoms with Crippen LogP contribution in [0.1, 0.15) is 83.6 Å². The minimum absolute atomic E-state index is 0.00325. The summed E-state index contributed by atoms with van der Waals surface area (Å²) in [7, 11) is 0. The number of aliphatic hydroxyl groups is 1. The van der Waals surface area contributed by atoms with E-state index in [4.69, 9.17) is 4.74 Å². The van der Waals surface area contributed by atoms with Crippen LogP contribution in [0.5, 0.6) is 0 Å². The van der Waals surface area contributed by atoms with Gasteiger partial charge in [-0.3, -0.25) is 19.2 Å². The molecular weight excluding hydrogens is 550 g/mol. The van der Waals surface area contributed by atoms with Crippen LogP contribution >= 0.6 is 0 Å². The van der Waals surface area contributed by atoms with Crippen LogP contribution in [0.4, 0.5) is 0 Å². The smallest absolute Gasteiger partial charge is 0.326 e. The van der Waals surface area contributed by atoms with Crippen LogP contribution in [0.2, 0.25) is 0 Å². The molecule has 1 amide bonds. The first-order chi connectivity index (χ1) is 20.4. The molecule has 0 saturated heterocycles. The monoisotopic (exact) mass is 593 g/mol.